The second-order valence-electron chi connectivity index (χ2n) is 5.64. The summed E-state index contributed by atoms with van der Waals surface area (Å²) in [4.78, 5) is 0. The molecule has 20 heavy (non-hydrogen) atoms. The SMILES string of the molecule is CCCNC(CC(C)CCC)c1cccc(OCC)c1. The molecule has 0 aromatic heterocycles. The molecule has 1 aromatic carbocycles. The van der Waals surface area contributed by atoms with Gasteiger partial charge in [-0.1, -0.05) is 45.7 Å². The van der Waals surface area contributed by atoms with E-state index in [4.69, 9.17) is 4.74 Å². The minimum absolute atomic E-state index is 0.442. The fraction of sp³-hybridized carbons (Fsp3) is 0.667. The zero-order valence-corrected chi connectivity index (χ0v) is 13.6. The second-order valence-corrected chi connectivity index (χ2v) is 5.64. The van der Waals surface area contributed by atoms with Crippen molar-refractivity contribution in [3.8, 4) is 5.75 Å². The van der Waals surface area contributed by atoms with Gasteiger partial charge in [-0.25, -0.2) is 0 Å². The number of hydrogen-bond acceptors (Lipinski definition) is 2. The van der Waals surface area contributed by atoms with Crippen molar-refractivity contribution in [1.82, 2.24) is 5.32 Å². The van der Waals surface area contributed by atoms with Gasteiger partial charge in [-0.05, 0) is 49.9 Å². The van der Waals surface area contributed by atoms with Crippen molar-refractivity contribution in [3.63, 3.8) is 0 Å². The third kappa shape index (κ3) is 5.96. The maximum absolute atomic E-state index is 5.63. The summed E-state index contributed by atoms with van der Waals surface area (Å²) in [6, 6.07) is 8.99. The van der Waals surface area contributed by atoms with Crippen LogP contribution < -0.4 is 10.1 Å². The quantitative estimate of drug-likeness (QED) is 0.653. The Kier molecular flexibility index (Phi) is 8.36. The number of hydrogen-bond donors (Lipinski definition) is 1. The van der Waals surface area contributed by atoms with Gasteiger partial charge in [-0.3, -0.25) is 0 Å². The summed E-state index contributed by atoms with van der Waals surface area (Å²) < 4.78 is 5.63. The summed E-state index contributed by atoms with van der Waals surface area (Å²) in [7, 11) is 0. The Hall–Kier alpha value is -1.02. The fourth-order valence-electron chi connectivity index (χ4n) is 2.66. The van der Waals surface area contributed by atoms with Crippen LogP contribution in [0.2, 0.25) is 0 Å². The molecule has 1 rings (SSSR count). The normalized spacial score (nSPS) is 14.0. The standard InChI is InChI=1S/C18H31NO/c1-5-9-15(4)13-18(19-12-6-2)16-10-8-11-17(14-16)20-7-3/h8,10-11,14-15,18-19H,5-7,9,12-13H2,1-4H3. The summed E-state index contributed by atoms with van der Waals surface area (Å²) in [6.07, 6.45) is 4.93. The van der Waals surface area contributed by atoms with Crippen LogP contribution in [0.1, 0.15) is 65.0 Å². The summed E-state index contributed by atoms with van der Waals surface area (Å²) in [5.41, 5.74) is 1.35. The van der Waals surface area contributed by atoms with Crippen molar-refractivity contribution in [3.05, 3.63) is 29.8 Å². The Balaban J connectivity index is 2.77. The van der Waals surface area contributed by atoms with Crippen LogP contribution in [0.3, 0.4) is 0 Å². The van der Waals surface area contributed by atoms with Gasteiger partial charge in [0.1, 0.15) is 5.75 Å². The smallest absolute Gasteiger partial charge is 0.119 e. The van der Waals surface area contributed by atoms with Crippen LogP contribution in [-0.4, -0.2) is 13.2 Å². The second kappa shape index (κ2) is 9.82. The molecule has 0 saturated heterocycles. The van der Waals surface area contributed by atoms with Crippen LogP contribution >= 0.6 is 0 Å². The Morgan fingerprint density at radius 2 is 1.95 bits per heavy atom. The zero-order valence-electron chi connectivity index (χ0n) is 13.6. The lowest BCUT2D eigenvalue weighted by Crippen LogP contribution is -2.24. The first-order valence-electron chi connectivity index (χ1n) is 8.17. The van der Waals surface area contributed by atoms with E-state index >= 15 is 0 Å². The van der Waals surface area contributed by atoms with Gasteiger partial charge in [0.25, 0.3) is 0 Å². The monoisotopic (exact) mass is 277 g/mol. The van der Waals surface area contributed by atoms with Crippen molar-refractivity contribution in [1.29, 1.82) is 0 Å². The number of nitrogens with one attached hydrogen (secondary N) is 1. The Morgan fingerprint density at radius 1 is 1.15 bits per heavy atom. The minimum atomic E-state index is 0.442. The molecule has 0 fully saturated rings. The third-order valence-corrected chi connectivity index (χ3v) is 3.63. The Bertz CT molecular complexity index is 364. The predicted molar refractivity (Wildman–Crippen MR) is 87.3 cm³/mol. The van der Waals surface area contributed by atoms with Crippen LogP contribution in [0.15, 0.2) is 24.3 Å². The number of ether oxygens (including phenoxy) is 1. The number of rotatable bonds is 10. The first-order chi connectivity index (χ1) is 9.71. The molecule has 0 heterocycles. The summed E-state index contributed by atoms with van der Waals surface area (Å²) in [5, 5.41) is 3.69. The molecule has 0 bridgehead atoms. The van der Waals surface area contributed by atoms with E-state index in [0.29, 0.717) is 6.04 Å². The molecule has 0 spiro atoms. The molecule has 0 aliphatic heterocycles. The molecular formula is C18H31NO. The lowest BCUT2D eigenvalue weighted by molar-refractivity contribution is 0.338. The fourth-order valence-corrected chi connectivity index (χ4v) is 2.66. The van der Waals surface area contributed by atoms with Crippen LogP contribution in [0.5, 0.6) is 5.75 Å². The molecule has 0 aliphatic carbocycles. The Morgan fingerprint density at radius 3 is 2.60 bits per heavy atom. The predicted octanol–water partition coefficient (Wildman–Crippen LogP) is 4.95. The lowest BCUT2D eigenvalue weighted by atomic mass is 9.93. The highest BCUT2D eigenvalue weighted by Crippen LogP contribution is 2.26. The van der Waals surface area contributed by atoms with Crippen molar-refractivity contribution >= 4 is 0 Å². The van der Waals surface area contributed by atoms with Crippen molar-refractivity contribution < 1.29 is 4.74 Å². The topological polar surface area (TPSA) is 21.3 Å². The zero-order chi connectivity index (χ0) is 14.8. The average Bonchev–Trinajstić information content (AvgIpc) is 2.44. The molecule has 1 N–H and O–H groups in total. The van der Waals surface area contributed by atoms with Crippen LogP contribution in [0.25, 0.3) is 0 Å². The van der Waals surface area contributed by atoms with Gasteiger partial charge in [0.2, 0.25) is 0 Å². The Labute approximate surface area is 124 Å². The van der Waals surface area contributed by atoms with E-state index < -0.39 is 0 Å². The van der Waals surface area contributed by atoms with Crippen molar-refractivity contribution in [2.24, 2.45) is 5.92 Å². The highest BCUT2D eigenvalue weighted by atomic mass is 16.5. The van der Waals surface area contributed by atoms with Crippen molar-refractivity contribution in [2.75, 3.05) is 13.2 Å². The molecule has 2 heteroatoms. The van der Waals surface area contributed by atoms with Gasteiger partial charge in [0.05, 0.1) is 6.61 Å². The molecule has 0 saturated carbocycles. The van der Waals surface area contributed by atoms with Gasteiger partial charge < -0.3 is 10.1 Å². The molecule has 2 atom stereocenters. The van der Waals surface area contributed by atoms with E-state index in [2.05, 4.69) is 44.3 Å². The van der Waals surface area contributed by atoms with E-state index in [1.54, 1.807) is 0 Å². The van der Waals surface area contributed by atoms with Gasteiger partial charge in [0.15, 0.2) is 0 Å². The molecule has 1 aromatic rings. The largest absolute Gasteiger partial charge is 0.494 e. The molecule has 0 amide bonds. The van der Waals surface area contributed by atoms with Gasteiger partial charge in [0, 0.05) is 6.04 Å². The van der Waals surface area contributed by atoms with Gasteiger partial charge in [-0.2, -0.15) is 0 Å². The highest BCUT2D eigenvalue weighted by Gasteiger charge is 2.15. The molecule has 0 radical (unpaired) electrons. The van der Waals surface area contributed by atoms with Crippen LogP contribution in [-0.2, 0) is 0 Å². The summed E-state index contributed by atoms with van der Waals surface area (Å²) in [5.74, 6) is 1.74. The maximum atomic E-state index is 5.63. The first-order valence-corrected chi connectivity index (χ1v) is 8.17. The summed E-state index contributed by atoms with van der Waals surface area (Å²) in [6.45, 7) is 10.7. The van der Waals surface area contributed by atoms with E-state index in [1.807, 2.05) is 13.0 Å². The molecular weight excluding hydrogens is 246 g/mol. The lowest BCUT2D eigenvalue weighted by Gasteiger charge is -2.23. The van der Waals surface area contributed by atoms with Crippen LogP contribution in [0.4, 0.5) is 0 Å². The average molecular weight is 277 g/mol. The minimum Gasteiger partial charge on any atom is -0.494 e. The molecule has 0 aliphatic rings. The van der Waals surface area contributed by atoms with Gasteiger partial charge in [-0.15, -0.1) is 0 Å². The van der Waals surface area contributed by atoms with E-state index in [1.165, 1.54) is 31.2 Å². The highest BCUT2D eigenvalue weighted by molar-refractivity contribution is 5.30. The molecule has 2 unspecified atom stereocenters. The first kappa shape index (κ1) is 17.0. The summed E-state index contributed by atoms with van der Waals surface area (Å²) >= 11 is 0. The van der Waals surface area contributed by atoms with E-state index in [-0.39, 0.29) is 0 Å². The maximum Gasteiger partial charge on any atom is 0.119 e. The molecule has 114 valence electrons. The van der Waals surface area contributed by atoms with Crippen LogP contribution in [0, 0.1) is 5.92 Å². The van der Waals surface area contributed by atoms with E-state index in [9.17, 15) is 0 Å². The molecule has 2 nitrogen and oxygen atoms in total. The van der Waals surface area contributed by atoms with Gasteiger partial charge >= 0.3 is 0 Å². The third-order valence-electron chi connectivity index (χ3n) is 3.63. The number of benzene rings is 1. The van der Waals surface area contributed by atoms with E-state index in [0.717, 1.165) is 24.8 Å². The van der Waals surface area contributed by atoms with Crippen molar-refractivity contribution in [2.45, 2.75) is 59.4 Å².